The molecule has 19 heavy (non-hydrogen) atoms. The van der Waals surface area contributed by atoms with Crippen LogP contribution in [-0.2, 0) is 0 Å². The molecule has 2 aromatic carbocycles. The SMILES string of the molecule is Cc1ccc(C(=O)C(=O)c2ccc(N)c(N)c2)cc1. The number of anilines is 2. The van der Waals surface area contributed by atoms with E-state index in [9.17, 15) is 9.59 Å². The second kappa shape index (κ2) is 4.94. The number of hydrogen-bond acceptors (Lipinski definition) is 4. The fraction of sp³-hybridized carbons (Fsp3) is 0.0667. The van der Waals surface area contributed by atoms with Crippen molar-refractivity contribution in [2.75, 3.05) is 11.5 Å². The van der Waals surface area contributed by atoms with Crippen LogP contribution in [-0.4, -0.2) is 11.6 Å². The van der Waals surface area contributed by atoms with Gasteiger partial charge in [-0.05, 0) is 25.1 Å². The van der Waals surface area contributed by atoms with Gasteiger partial charge in [-0.2, -0.15) is 0 Å². The smallest absolute Gasteiger partial charge is 0.233 e. The summed E-state index contributed by atoms with van der Waals surface area (Å²) in [4.78, 5) is 24.1. The number of nitrogen functional groups attached to an aromatic ring is 2. The van der Waals surface area contributed by atoms with Crippen molar-refractivity contribution in [1.29, 1.82) is 0 Å². The fourth-order valence-electron chi connectivity index (χ4n) is 1.68. The van der Waals surface area contributed by atoms with Crippen molar-refractivity contribution in [1.82, 2.24) is 0 Å². The normalized spacial score (nSPS) is 10.2. The Balaban J connectivity index is 2.30. The molecule has 2 rings (SSSR count). The Morgan fingerprint density at radius 2 is 1.32 bits per heavy atom. The molecule has 0 aromatic heterocycles. The Labute approximate surface area is 111 Å². The quantitative estimate of drug-likeness (QED) is 0.499. The molecule has 0 saturated carbocycles. The van der Waals surface area contributed by atoms with Gasteiger partial charge in [-0.25, -0.2) is 0 Å². The van der Waals surface area contributed by atoms with E-state index in [1.165, 1.54) is 18.2 Å². The summed E-state index contributed by atoms with van der Waals surface area (Å²) in [7, 11) is 0. The van der Waals surface area contributed by atoms with Crippen LogP contribution < -0.4 is 11.5 Å². The first-order valence-corrected chi connectivity index (χ1v) is 5.79. The van der Waals surface area contributed by atoms with E-state index >= 15 is 0 Å². The molecule has 0 saturated heterocycles. The number of aryl methyl sites for hydroxylation is 1. The minimum atomic E-state index is -0.587. The third-order valence-electron chi connectivity index (χ3n) is 2.87. The topological polar surface area (TPSA) is 86.2 Å². The molecule has 0 amide bonds. The molecule has 2 aromatic rings. The highest BCUT2D eigenvalue weighted by molar-refractivity contribution is 6.49. The molecule has 0 fully saturated rings. The first-order chi connectivity index (χ1) is 8.99. The highest BCUT2D eigenvalue weighted by Crippen LogP contribution is 2.17. The third kappa shape index (κ3) is 2.63. The van der Waals surface area contributed by atoms with Crippen molar-refractivity contribution in [2.24, 2.45) is 0 Å². The van der Waals surface area contributed by atoms with Crippen LogP contribution in [0.2, 0.25) is 0 Å². The summed E-state index contributed by atoms with van der Waals surface area (Å²) in [5, 5.41) is 0. The maximum absolute atomic E-state index is 12.0. The van der Waals surface area contributed by atoms with Crippen molar-refractivity contribution in [3.8, 4) is 0 Å². The second-order valence-electron chi connectivity index (χ2n) is 4.37. The first-order valence-electron chi connectivity index (χ1n) is 5.79. The van der Waals surface area contributed by atoms with E-state index in [4.69, 9.17) is 11.5 Å². The highest BCUT2D eigenvalue weighted by atomic mass is 16.2. The Morgan fingerprint density at radius 3 is 1.89 bits per heavy atom. The Bertz CT molecular complexity index is 646. The van der Waals surface area contributed by atoms with Crippen molar-refractivity contribution in [3.05, 3.63) is 59.2 Å². The molecular formula is C15H14N2O2. The van der Waals surface area contributed by atoms with E-state index in [1.807, 2.05) is 6.92 Å². The molecule has 0 aliphatic heterocycles. The van der Waals surface area contributed by atoms with Gasteiger partial charge in [0.05, 0.1) is 11.4 Å². The van der Waals surface area contributed by atoms with Crippen molar-refractivity contribution in [3.63, 3.8) is 0 Å². The lowest BCUT2D eigenvalue weighted by Crippen LogP contribution is -2.15. The van der Waals surface area contributed by atoms with E-state index in [-0.39, 0.29) is 5.56 Å². The zero-order valence-electron chi connectivity index (χ0n) is 10.5. The second-order valence-corrected chi connectivity index (χ2v) is 4.37. The number of hydrogen-bond donors (Lipinski definition) is 2. The van der Waals surface area contributed by atoms with Crippen LogP contribution in [0.4, 0.5) is 11.4 Å². The van der Waals surface area contributed by atoms with Gasteiger partial charge in [-0.15, -0.1) is 0 Å². The van der Waals surface area contributed by atoms with Gasteiger partial charge in [0.25, 0.3) is 0 Å². The fourth-order valence-corrected chi connectivity index (χ4v) is 1.68. The monoisotopic (exact) mass is 254 g/mol. The number of rotatable bonds is 3. The predicted molar refractivity (Wildman–Crippen MR) is 75.1 cm³/mol. The molecule has 0 unspecified atom stereocenters. The number of Topliss-reactive ketones (excluding diaryl/α,β-unsaturated/α-hetero) is 2. The summed E-state index contributed by atoms with van der Waals surface area (Å²) in [6.07, 6.45) is 0. The summed E-state index contributed by atoms with van der Waals surface area (Å²) in [5.74, 6) is -1.14. The number of ketones is 2. The van der Waals surface area contributed by atoms with E-state index in [1.54, 1.807) is 24.3 Å². The van der Waals surface area contributed by atoms with Crippen molar-refractivity contribution in [2.45, 2.75) is 6.92 Å². The summed E-state index contributed by atoms with van der Waals surface area (Å²) in [5.41, 5.74) is 13.5. The number of carbonyl (C=O) groups is 2. The number of nitrogens with two attached hydrogens (primary N) is 2. The van der Waals surface area contributed by atoms with E-state index in [2.05, 4.69) is 0 Å². The van der Waals surface area contributed by atoms with E-state index in [0.29, 0.717) is 16.9 Å². The number of benzene rings is 2. The molecule has 4 nitrogen and oxygen atoms in total. The minimum Gasteiger partial charge on any atom is -0.397 e. The molecule has 0 radical (unpaired) electrons. The molecule has 0 atom stereocenters. The van der Waals surface area contributed by atoms with Gasteiger partial charge in [-0.1, -0.05) is 29.8 Å². The van der Waals surface area contributed by atoms with Crippen LogP contribution >= 0.6 is 0 Å². The van der Waals surface area contributed by atoms with Crippen LogP contribution in [0.25, 0.3) is 0 Å². The zero-order valence-corrected chi connectivity index (χ0v) is 10.5. The summed E-state index contributed by atoms with van der Waals surface area (Å²) in [6, 6.07) is 11.3. The summed E-state index contributed by atoms with van der Waals surface area (Å²) >= 11 is 0. The highest BCUT2D eigenvalue weighted by Gasteiger charge is 2.18. The van der Waals surface area contributed by atoms with Crippen LogP contribution in [0.5, 0.6) is 0 Å². The van der Waals surface area contributed by atoms with Crippen LogP contribution in [0, 0.1) is 6.92 Å². The average molecular weight is 254 g/mol. The minimum absolute atomic E-state index is 0.247. The van der Waals surface area contributed by atoms with Gasteiger partial charge in [-0.3, -0.25) is 9.59 Å². The maximum atomic E-state index is 12.0. The maximum Gasteiger partial charge on any atom is 0.233 e. The molecule has 0 spiro atoms. The van der Waals surface area contributed by atoms with Crippen molar-refractivity contribution >= 4 is 22.9 Å². The molecule has 0 aliphatic carbocycles. The largest absolute Gasteiger partial charge is 0.397 e. The van der Waals surface area contributed by atoms with Gasteiger partial charge in [0.15, 0.2) is 0 Å². The van der Waals surface area contributed by atoms with Gasteiger partial charge in [0.1, 0.15) is 0 Å². The predicted octanol–water partition coefficient (Wildman–Crippen LogP) is 2.23. The van der Waals surface area contributed by atoms with Gasteiger partial charge in [0, 0.05) is 11.1 Å². The lowest BCUT2D eigenvalue weighted by atomic mass is 10.00. The lowest BCUT2D eigenvalue weighted by Gasteiger charge is -2.04. The number of carbonyl (C=O) groups excluding carboxylic acids is 2. The molecule has 0 heterocycles. The molecule has 4 N–H and O–H groups in total. The van der Waals surface area contributed by atoms with Gasteiger partial charge < -0.3 is 11.5 Å². The standard InChI is InChI=1S/C15H14N2O2/c1-9-2-4-10(5-3-9)14(18)15(19)11-6-7-12(16)13(17)8-11/h2-8H,16-17H2,1H3. The van der Waals surface area contributed by atoms with E-state index < -0.39 is 11.6 Å². The molecule has 0 aliphatic rings. The summed E-state index contributed by atoms with van der Waals surface area (Å²) in [6.45, 7) is 1.91. The summed E-state index contributed by atoms with van der Waals surface area (Å²) < 4.78 is 0. The third-order valence-corrected chi connectivity index (χ3v) is 2.87. The van der Waals surface area contributed by atoms with Crippen molar-refractivity contribution < 1.29 is 9.59 Å². The van der Waals surface area contributed by atoms with Crippen LogP contribution in [0.1, 0.15) is 26.3 Å². The van der Waals surface area contributed by atoms with Crippen LogP contribution in [0.15, 0.2) is 42.5 Å². The van der Waals surface area contributed by atoms with Gasteiger partial charge >= 0.3 is 0 Å². The Morgan fingerprint density at radius 1 is 0.789 bits per heavy atom. The molecule has 0 bridgehead atoms. The van der Waals surface area contributed by atoms with Crippen LogP contribution in [0.3, 0.4) is 0 Å². The Kier molecular flexibility index (Phi) is 3.33. The Hall–Kier alpha value is -2.62. The molecule has 4 heteroatoms. The average Bonchev–Trinajstić information content (AvgIpc) is 2.41. The van der Waals surface area contributed by atoms with Gasteiger partial charge in [0.2, 0.25) is 11.6 Å². The molecule has 96 valence electrons. The first kappa shape index (κ1) is 12.8. The lowest BCUT2D eigenvalue weighted by molar-refractivity contribution is 0.0817. The molecular weight excluding hydrogens is 240 g/mol. The zero-order chi connectivity index (χ0) is 14.0. The van der Waals surface area contributed by atoms with E-state index in [0.717, 1.165) is 5.56 Å².